The van der Waals surface area contributed by atoms with Gasteiger partial charge in [-0.05, 0) is 0 Å². The van der Waals surface area contributed by atoms with E-state index >= 15 is 0 Å². The maximum atomic E-state index is 10.9. The predicted molar refractivity (Wildman–Crippen MR) is 51.6 cm³/mol. The summed E-state index contributed by atoms with van der Waals surface area (Å²) in [6.07, 6.45) is -1.38. The van der Waals surface area contributed by atoms with Crippen molar-refractivity contribution >= 4 is 23.7 Å². The lowest BCUT2D eigenvalue weighted by atomic mass is 10.3. The Balaban J connectivity index is 3.71. The third-order valence-corrected chi connectivity index (χ3v) is 1.47. The molecule has 9 heteroatoms. The zero-order valence-electron chi connectivity index (χ0n) is 9.29. The largest absolute Gasteiger partial charge is 0.438 e. The van der Waals surface area contributed by atoms with Crippen LogP contribution in [0.5, 0.6) is 0 Å². The molecule has 0 bridgehead atoms. The molecule has 2 N–H and O–H groups in total. The lowest BCUT2D eigenvalue weighted by Crippen LogP contribution is -2.19. The number of Topliss-reactive ketones (excluding diaryl/α,β-unsaturated/α-hetero) is 1. The van der Waals surface area contributed by atoms with Crippen molar-refractivity contribution in [3.63, 3.8) is 0 Å². The van der Waals surface area contributed by atoms with Crippen LogP contribution in [0.25, 0.3) is 0 Å². The Hall–Kier alpha value is -2.00. The summed E-state index contributed by atoms with van der Waals surface area (Å²) < 4.78 is 12.7. The van der Waals surface area contributed by atoms with Crippen LogP contribution in [0, 0.1) is 0 Å². The fraction of sp³-hybridized carbons (Fsp3) is 0.556. The van der Waals surface area contributed by atoms with Crippen LogP contribution in [-0.4, -0.2) is 54.1 Å². The zero-order valence-corrected chi connectivity index (χ0v) is 9.29. The summed E-state index contributed by atoms with van der Waals surface area (Å²) in [5.74, 6) is -3.73. The first-order chi connectivity index (χ1) is 8.49. The second kappa shape index (κ2) is 9.07. The average Bonchev–Trinajstić information content (AvgIpc) is 2.28. The summed E-state index contributed by atoms with van der Waals surface area (Å²) in [5, 5.41) is 16.5. The number of ether oxygens (including phenoxy) is 3. The van der Waals surface area contributed by atoms with Crippen LogP contribution in [0.3, 0.4) is 0 Å². The summed E-state index contributed by atoms with van der Waals surface area (Å²) >= 11 is 0. The summed E-state index contributed by atoms with van der Waals surface area (Å²) in [7, 11) is 0. The molecule has 102 valence electrons. The molecule has 0 spiro atoms. The van der Waals surface area contributed by atoms with Gasteiger partial charge in [0.05, 0.1) is 0 Å². The topological polar surface area (TPSA) is 136 Å². The number of aliphatic hydroxyl groups is 2. The molecule has 0 aromatic heterocycles. The Morgan fingerprint density at radius 1 is 0.778 bits per heavy atom. The monoisotopic (exact) mass is 264 g/mol. The van der Waals surface area contributed by atoms with E-state index < -0.39 is 56.7 Å². The highest BCUT2D eigenvalue weighted by Gasteiger charge is 2.13. The molecule has 0 radical (unpaired) electrons. The minimum atomic E-state index is -1.02. The second-order valence-corrected chi connectivity index (χ2v) is 2.85. The van der Waals surface area contributed by atoms with Gasteiger partial charge in [0, 0.05) is 0 Å². The SMILES string of the molecule is O=C(CO)CC(=O)OCOC(=O)CC(=O)OCO. The molecule has 0 unspecified atom stereocenters. The van der Waals surface area contributed by atoms with E-state index in [0.717, 1.165) is 0 Å². The van der Waals surface area contributed by atoms with Gasteiger partial charge in [0.25, 0.3) is 0 Å². The Morgan fingerprint density at radius 2 is 1.28 bits per heavy atom. The van der Waals surface area contributed by atoms with E-state index in [1.165, 1.54) is 0 Å². The van der Waals surface area contributed by atoms with E-state index in [4.69, 9.17) is 10.2 Å². The van der Waals surface area contributed by atoms with Gasteiger partial charge >= 0.3 is 17.9 Å². The number of hydrogen-bond acceptors (Lipinski definition) is 9. The van der Waals surface area contributed by atoms with E-state index in [-0.39, 0.29) is 0 Å². The Bertz CT molecular complexity index is 322. The summed E-state index contributed by atoms with van der Waals surface area (Å²) in [5.41, 5.74) is 0. The van der Waals surface area contributed by atoms with E-state index in [0.29, 0.717) is 0 Å². The van der Waals surface area contributed by atoms with Gasteiger partial charge in [0.1, 0.15) is 19.4 Å². The third kappa shape index (κ3) is 8.19. The summed E-state index contributed by atoms with van der Waals surface area (Å²) in [6, 6.07) is 0. The number of hydrogen-bond donors (Lipinski definition) is 2. The van der Waals surface area contributed by atoms with Crippen molar-refractivity contribution in [3.05, 3.63) is 0 Å². The second-order valence-electron chi connectivity index (χ2n) is 2.85. The number of carbonyl (C=O) groups is 4. The molecule has 0 aliphatic heterocycles. The first-order valence-electron chi connectivity index (χ1n) is 4.70. The molecule has 0 aliphatic rings. The van der Waals surface area contributed by atoms with Crippen LogP contribution in [-0.2, 0) is 33.4 Å². The highest BCUT2D eigenvalue weighted by Crippen LogP contribution is 1.93. The maximum Gasteiger partial charge on any atom is 0.320 e. The minimum absolute atomic E-state index is 0.638. The third-order valence-electron chi connectivity index (χ3n) is 1.47. The van der Waals surface area contributed by atoms with E-state index in [9.17, 15) is 19.2 Å². The van der Waals surface area contributed by atoms with Crippen molar-refractivity contribution in [1.29, 1.82) is 0 Å². The predicted octanol–water partition coefficient (Wildman–Crippen LogP) is -2.14. The summed E-state index contributed by atoms with van der Waals surface area (Å²) in [6.45, 7) is -2.41. The first-order valence-corrected chi connectivity index (χ1v) is 4.70. The molecule has 0 rings (SSSR count). The van der Waals surface area contributed by atoms with E-state index in [1.54, 1.807) is 0 Å². The van der Waals surface area contributed by atoms with Crippen molar-refractivity contribution in [3.8, 4) is 0 Å². The average molecular weight is 264 g/mol. The van der Waals surface area contributed by atoms with Gasteiger partial charge in [0.15, 0.2) is 12.6 Å². The van der Waals surface area contributed by atoms with Crippen molar-refractivity contribution in [1.82, 2.24) is 0 Å². The number of carbonyl (C=O) groups excluding carboxylic acids is 4. The molecule has 0 fully saturated rings. The molecule has 0 aromatic rings. The Kier molecular flexibility index (Phi) is 8.07. The molecular weight excluding hydrogens is 252 g/mol. The fourth-order valence-corrected chi connectivity index (χ4v) is 0.721. The van der Waals surface area contributed by atoms with Crippen molar-refractivity contribution < 1.29 is 43.6 Å². The molecule has 0 amide bonds. The molecule has 0 aromatic carbocycles. The number of aliphatic hydroxyl groups excluding tert-OH is 2. The normalized spacial score (nSPS) is 9.44. The smallest absolute Gasteiger partial charge is 0.320 e. The molecule has 18 heavy (non-hydrogen) atoms. The number of esters is 3. The van der Waals surface area contributed by atoms with Gasteiger partial charge in [-0.15, -0.1) is 0 Å². The molecule has 0 atom stereocenters. The molecule has 9 nitrogen and oxygen atoms in total. The van der Waals surface area contributed by atoms with Crippen LogP contribution < -0.4 is 0 Å². The number of ketones is 1. The molecule has 0 aliphatic carbocycles. The van der Waals surface area contributed by atoms with Gasteiger partial charge in [0.2, 0.25) is 6.79 Å². The van der Waals surface area contributed by atoms with E-state index in [1.807, 2.05) is 0 Å². The van der Waals surface area contributed by atoms with Gasteiger partial charge in [-0.25, -0.2) is 0 Å². The van der Waals surface area contributed by atoms with Crippen molar-refractivity contribution in [2.24, 2.45) is 0 Å². The van der Waals surface area contributed by atoms with Gasteiger partial charge < -0.3 is 24.4 Å². The van der Waals surface area contributed by atoms with Gasteiger partial charge in [-0.2, -0.15) is 0 Å². The molecule has 0 saturated carbocycles. The van der Waals surface area contributed by atoms with Gasteiger partial charge in [-0.1, -0.05) is 0 Å². The van der Waals surface area contributed by atoms with Crippen molar-refractivity contribution in [2.75, 3.05) is 20.2 Å². The van der Waals surface area contributed by atoms with Crippen LogP contribution in [0.1, 0.15) is 12.8 Å². The number of rotatable bonds is 8. The van der Waals surface area contributed by atoms with E-state index in [2.05, 4.69) is 14.2 Å². The molecule has 0 saturated heterocycles. The van der Waals surface area contributed by atoms with Crippen LogP contribution in [0.4, 0.5) is 0 Å². The fourth-order valence-electron chi connectivity index (χ4n) is 0.721. The summed E-state index contributed by atoms with van der Waals surface area (Å²) in [4.78, 5) is 43.0. The van der Waals surface area contributed by atoms with Crippen molar-refractivity contribution in [2.45, 2.75) is 12.8 Å². The molecular formula is C9H12O9. The maximum absolute atomic E-state index is 10.9. The first kappa shape index (κ1) is 16.0. The highest BCUT2D eigenvalue weighted by molar-refractivity contribution is 5.96. The lowest BCUT2D eigenvalue weighted by Gasteiger charge is -2.05. The standard InChI is InChI=1S/C9H12O9/c10-3-6(12)1-7(13)17-5-18-9(15)2-8(14)16-4-11/h10-11H,1-5H2. The lowest BCUT2D eigenvalue weighted by molar-refractivity contribution is -0.170. The quantitative estimate of drug-likeness (QED) is 0.286. The zero-order chi connectivity index (χ0) is 14.0. The van der Waals surface area contributed by atoms with Crippen LogP contribution in [0.2, 0.25) is 0 Å². The Morgan fingerprint density at radius 3 is 1.78 bits per heavy atom. The Labute approximate surface area is 101 Å². The van der Waals surface area contributed by atoms with Gasteiger partial charge in [-0.3, -0.25) is 19.2 Å². The highest BCUT2D eigenvalue weighted by atomic mass is 16.7. The minimum Gasteiger partial charge on any atom is -0.438 e. The van der Waals surface area contributed by atoms with Crippen LogP contribution >= 0.6 is 0 Å². The van der Waals surface area contributed by atoms with Crippen LogP contribution in [0.15, 0.2) is 0 Å². The molecule has 0 heterocycles.